The first-order valence-electron chi connectivity index (χ1n) is 10.6. The zero-order valence-corrected chi connectivity index (χ0v) is 17.8. The van der Waals surface area contributed by atoms with Crippen LogP contribution in [0.3, 0.4) is 0 Å². The number of ether oxygens (including phenoxy) is 1. The number of benzene rings is 1. The second kappa shape index (κ2) is 8.69. The maximum atomic E-state index is 13.6. The van der Waals surface area contributed by atoms with E-state index in [0.29, 0.717) is 11.2 Å². The Morgan fingerprint density at radius 3 is 2.73 bits per heavy atom. The van der Waals surface area contributed by atoms with Crippen molar-refractivity contribution in [1.29, 1.82) is 0 Å². The second-order valence-corrected chi connectivity index (χ2v) is 7.78. The minimum atomic E-state index is 0.0348. The van der Waals surface area contributed by atoms with Gasteiger partial charge in [0.15, 0.2) is 5.65 Å². The Bertz CT molecular complexity index is 1050. The van der Waals surface area contributed by atoms with Gasteiger partial charge in [0, 0.05) is 35.6 Å². The van der Waals surface area contributed by atoms with Crippen LogP contribution in [0.15, 0.2) is 42.6 Å². The van der Waals surface area contributed by atoms with Gasteiger partial charge in [-0.25, -0.2) is 9.97 Å². The highest BCUT2D eigenvalue weighted by Gasteiger charge is 2.28. The molecule has 0 unspecified atom stereocenters. The Morgan fingerprint density at radius 1 is 1.20 bits per heavy atom. The normalized spacial score (nSPS) is 16.5. The van der Waals surface area contributed by atoms with E-state index < -0.39 is 0 Å². The average molecular weight is 405 g/mol. The predicted octanol–water partition coefficient (Wildman–Crippen LogP) is 5.10. The molecule has 30 heavy (non-hydrogen) atoms. The van der Waals surface area contributed by atoms with Crippen LogP contribution >= 0.6 is 0 Å². The molecule has 0 saturated carbocycles. The van der Waals surface area contributed by atoms with Crippen LogP contribution in [-0.4, -0.2) is 40.5 Å². The number of nitrogens with zero attached hydrogens (tertiary/aromatic N) is 3. The summed E-state index contributed by atoms with van der Waals surface area (Å²) in [6.07, 6.45) is 5.92. The number of methoxy groups -OCH3 is 1. The maximum absolute atomic E-state index is 13.6. The van der Waals surface area contributed by atoms with Crippen LogP contribution in [0, 0.1) is 6.92 Å². The summed E-state index contributed by atoms with van der Waals surface area (Å²) in [4.78, 5) is 24.7. The van der Waals surface area contributed by atoms with E-state index in [4.69, 9.17) is 4.74 Å². The molecular weight excluding hydrogens is 376 g/mol. The van der Waals surface area contributed by atoms with Crippen LogP contribution in [0.25, 0.3) is 11.0 Å². The standard InChI is InChI=1S/C24H28N4O2/c1-4-18-7-5-6-14-28(18)24(29)21-15-25-23-20(13-8-16(2)26-23)22(21)27-17-9-11-19(30-3)12-10-17/h8-13,15,18H,4-7,14H2,1-3H3,(H,25,26,27)/t18-/m1/s1. The Kier molecular flexibility index (Phi) is 5.84. The molecule has 6 nitrogen and oxygen atoms in total. The zero-order chi connectivity index (χ0) is 21.1. The molecule has 1 aliphatic heterocycles. The number of hydrogen-bond donors (Lipinski definition) is 1. The highest BCUT2D eigenvalue weighted by molar-refractivity contribution is 6.07. The van der Waals surface area contributed by atoms with Crippen molar-refractivity contribution in [3.05, 3.63) is 53.9 Å². The molecule has 0 radical (unpaired) electrons. The molecule has 1 atom stereocenters. The summed E-state index contributed by atoms with van der Waals surface area (Å²) in [5, 5.41) is 4.30. The lowest BCUT2D eigenvalue weighted by Gasteiger charge is -2.35. The van der Waals surface area contributed by atoms with E-state index in [1.807, 2.05) is 48.2 Å². The first kappa shape index (κ1) is 20.1. The number of piperidine rings is 1. The van der Waals surface area contributed by atoms with Crippen LogP contribution in [0.2, 0.25) is 0 Å². The minimum Gasteiger partial charge on any atom is -0.497 e. The lowest BCUT2D eigenvalue weighted by molar-refractivity contribution is 0.0609. The van der Waals surface area contributed by atoms with Crippen LogP contribution in [-0.2, 0) is 0 Å². The number of nitrogens with one attached hydrogen (secondary N) is 1. The fourth-order valence-electron chi connectivity index (χ4n) is 4.13. The third-order valence-corrected chi connectivity index (χ3v) is 5.82. The Morgan fingerprint density at radius 2 is 2.00 bits per heavy atom. The van der Waals surface area contributed by atoms with Crippen molar-refractivity contribution in [1.82, 2.24) is 14.9 Å². The number of carbonyl (C=O) groups excluding carboxylic acids is 1. The molecule has 0 bridgehead atoms. The number of amides is 1. The topological polar surface area (TPSA) is 67.4 Å². The zero-order valence-electron chi connectivity index (χ0n) is 17.8. The number of fused-ring (bicyclic) bond motifs is 1. The fourth-order valence-corrected chi connectivity index (χ4v) is 4.13. The molecular formula is C24H28N4O2. The maximum Gasteiger partial charge on any atom is 0.257 e. The predicted molar refractivity (Wildman–Crippen MR) is 120 cm³/mol. The second-order valence-electron chi connectivity index (χ2n) is 7.78. The van der Waals surface area contributed by atoms with Gasteiger partial charge < -0.3 is 15.0 Å². The quantitative estimate of drug-likeness (QED) is 0.641. The monoisotopic (exact) mass is 404 g/mol. The highest BCUT2D eigenvalue weighted by Crippen LogP contribution is 2.32. The SMILES string of the molecule is CC[C@@H]1CCCCN1C(=O)c1cnc2nc(C)ccc2c1Nc1ccc(OC)cc1. The van der Waals surface area contributed by atoms with Gasteiger partial charge in [-0.1, -0.05) is 6.92 Å². The van der Waals surface area contributed by atoms with Crippen LogP contribution in [0.5, 0.6) is 5.75 Å². The van der Waals surface area contributed by atoms with E-state index in [9.17, 15) is 4.79 Å². The number of anilines is 2. The number of aryl methyl sites for hydroxylation is 1. The highest BCUT2D eigenvalue weighted by atomic mass is 16.5. The van der Waals surface area contributed by atoms with Gasteiger partial charge in [-0.15, -0.1) is 0 Å². The molecule has 1 aliphatic rings. The molecule has 1 fully saturated rings. The molecule has 1 amide bonds. The van der Waals surface area contributed by atoms with Gasteiger partial charge >= 0.3 is 0 Å². The number of rotatable bonds is 5. The molecule has 1 aromatic carbocycles. The summed E-state index contributed by atoms with van der Waals surface area (Å²) in [7, 11) is 1.65. The molecule has 3 aromatic rings. The van der Waals surface area contributed by atoms with Gasteiger partial charge in [-0.05, 0) is 69.0 Å². The van der Waals surface area contributed by atoms with Gasteiger partial charge in [0.05, 0.1) is 18.4 Å². The molecule has 156 valence electrons. The van der Waals surface area contributed by atoms with E-state index in [0.717, 1.165) is 54.0 Å². The molecule has 1 N–H and O–H groups in total. The molecule has 0 spiro atoms. The third-order valence-electron chi connectivity index (χ3n) is 5.82. The van der Waals surface area contributed by atoms with Gasteiger partial charge in [0.1, 0.15) is 5.75 Å². The van der Waals surface area contributed by atoms with Gasteiger partial charge in [0.25, 0.3) is 5.91 Å². The fraction of sp³-hybridized carbons (Fsp3) is 0.375. The van der Waals surface area contributed by atoms with Crippen molar-refractivity contribution in [2.45, 2.75) is 45.6 Å². The number of carbonyl (C=O) groups is 1. The first-order valence-corrected chi connectivity index (χ1v) is 10.6. The van der Waals surface area contributed by atoms with Crippen molar-refractivity contribution >= 4 is 28.3 Å². The number of pyridine rings is 2. The number of likely N-dealkylation sites (tertiary alicyclic amines) is 1. The molecule has 2 aromatic heterocycles. The lowest BCUT2D eigenvalue weighted by Crippen LogP contribution is -2.43. The Labute approximate surface area is 177 Å². The largest absolute Gasteiger partial charge is 0.497 e. The van der Waals surface area contributed by atoms with Crippen molar-refractivity contribution in [2.24, 2.45) is 0 Å². The summed E-state index contributed by atoms with van der Waals surface area (Å²) >= 11 is 0. The Hall–Kier alpha value is -3.15. The average Bonchev–Trinajstić information content (AvgIpc) is 2.79. The van der Waals surface area contributed by atoms with Gasteiger partial charge in [-0.2, -0.15) is 0 Å². The molecule has 1 saturated heterocycles. The third kappa shape index (κ3) is 3.95. The summed E-state index contributed by atoms with van der Waals surface area (Å²) in [6, 6.07) is 11.9. The van der Waals surface area contributed by atoms with Crippen molar-refractivity contribution < 1.29 is 9.53 Å². The minimum absolute atomic E-state index is 0.0348. The van der Waals surface area contributed by atoms with E-state index in [1.165, 1.54) is 6.42 Å². The summed E-state index contributed by atoms with van der Waals surface area (Å²) in [5.74, 6) is 0.820. The summed E-state index contributed by atoms with van der Waals surface area (Å²) < 4.78 is 5.26. The van der Waals surface area contributed by atoms with Crippen LogP contribution < -0.4 is 10.1 Å². The smallest absolute Gasteiger partial charge is 0.257 e. The Balaban J connectivity index is 1.79. The van der Waals surface area contributed by atoms with Crippen molar-refractivity contribution in [2.75, 3.05) is 19.0 Å². The van der Waals surface area contributed by atoms with Crippen molar-refractivity contribution in [3.63, 3.8) is 0 Å². The number of aromatic nitrogens is 2. The van der Waals surface area contributed by atoms with Crippen LogP contribution in [0.1, 0.15) is 48.7 Å². The van der Waals surface area contributed by atoms with E-state index in [-0.39, 0.29) is 11.9 Å². The summed E-state index contributed by atoms with van der Waals surface area (Å²) in [6.45, 7) is 4.89. The number of hydrogen-bond acceptors (Lipinski definition) is 5. The lowest BCUT2D eigenvalue weighted by atomic mass is 9.98. The van der Waals surface area contributed by atoms with Gasteiger partial charge in [-0.3, -0.25) is 4.79 Å². The summed E-state index contributed by atoms with van der Waals surface area (Å²) in [5.41, 5.74) is 3.75. The van der Waals surface area contributed by atoms with E-state index >= 15 is 0 Å². The van der Waals surface area contributed by atoms with Gasteiger partial charge in [0.2, 0.25) is 0 Å². The molecule has 0 aliphatic carbocycles. The first-order chi connectivity index (χ1) is 14.6. The van der Waals surface area contributed by atoms with Crippen LogP contribution in [0.4, 0.5) is 11.4 Å². The molecule has 6 heteroatoms. The van der Waals surface area contributed by atoms with Crippen molar-refractivity contribution in [3.8, 4) is 5.75 Å². The van der Waals surface area contributed by atoms with E-state index in [1.54, 1.807) is 13.3 Å². The van der Waals surface area contributed by atoms with E-state index in [2.05, 4.69) is 22.2 Å². The molecule has 4 rings (SSSR count). The molecule has 3 heterocycles.